The second-order valence-electron chi connectivity index (χ2n) is 9.21. The summed E-state index contributed by atoms with van der Waals surface area (Å²) < 4.78 is 11.9. The number of guanidine groups is 1. The van der Waals surface area contributed by atoms with Crippen molar-refractivity contribution in [2.24, 2.45) is 4.99 Å². The average Bonchev–Trinajstić information content (AvgIpc) is 3.47. The zero-order valence-corrected chi connectivity index (χ0v) is 21.8. The molecular formula is C32H34N4O2. The highest BCUT2D eigenvalue weighted by atomic mass is 16.5. The number of hydrogen-bond donors (Lipinski definition) is 2. The Balaban J connectivity index is 1.55. The summed E-state index contributed by atoms with van der Waals surface area (Å²) in [6.07, 6.45) is 7.54. The molecule has 1 fully saturated rings. The molecule has 3 aromatic rings. The van der Waals surface area contributed by atoms with Crippen molar-refractivity contribution < 1.29 is 9.47 Å². The van der Waals surface area contributed by atoms with Gasteiger partial charge in [-0.15, -0.1) is 0 Å². The van der Waals surface area contributed by atoms with Crippen molar-refractivity contribution in [3.05, 3.63) is 95.6 Å². The lowest BCUT2D eigenvalue weighted by Crippen LogP contribution is -2.36. The molecule has 0 amide bonds. The van der Waals surface area contributed by atoms with Crippen molar-refractivity contribution in [2.45, 2.75) is 44.1 Å². The Labute approximate surface area is 225 Å². The van der Waals surface area contributed by atoms with Gasteiger partial charge in [0.25, 0.3) is 0 Å². The van der Waals surface area contributed by atoms with Crippen LogP contribution >= 0.6 is 0 Å². The number of nitrogens with one attached hydrogen (secondary N) is 2. The highest BCUT2D eigenvalue weighted by Crippen LogP contribution is 2.34. The number of nitriles is 1. The molecule has 3 aromatic carbocycles. The molecule has 0 radical (unpaired) electrons. The van der Waals surface area contributed by atoms with Gasteiger partial charge in [0.2, 0.25) is 5.96 Å². The van der Waals surface area contributed by atoms with Crippen LogP contribution in [0.5, 0.6) is 11.5 Å². The number of rotatable bonds is 9. The van der Waals surface area contributed by atoms with Gasteiger partial charge in [0, 0.05) is 12.1 Å². The third-order valence-electron chi connectivity index (χ3n) is 6.51. The van der Waals surface area contributed by atoms with E-state index in [-0.39, 0.29) is 12.0 Å². The monoisotopic (exact) mass is 506 g/mol. The van der Waals surface area contributed by atoms with Crippen LogP contribution in [0, 0.1) is 23.3 Å². The average molecular weight is 507 g/mol. The predicted octanol–water partition coefficient (Wildman–Crippen LogP) is 5.41. The summed E-state index contributed by atoms with van der Waals surface area (Å²) in [6, 6.07) is 26.1. The molecule has 0 saturated heterocycles. The van der Waals surface area contributed by atoms with Crippen LogP contribution in [0.3, 0.4) is 0 Å². The van der Waals surface area contributed by atoms with Crippen LogP contribution in [0.1, 0.15) is 48.3 Å². The molecule has 4 rings (SSSR count). The normalized spacial score (nSPS) is 14.1. The molecule has 0 spiro atoms. The fourth-order valence-corrected chi connectivity index (χ4v) is 4.46. The molecule has 0 aromatic heterocycles. The number of hydrogen-bond acceptors (Lipinski definition) is 4. The van der Waals surface area contributed by atoms with Gasteiger partial charge in [-0.3, -0.25) is 10.3 Å². The Kier molecular flexibility index (Phi) is 10.1. The lowest BCUT2D eigenvalue weighted by molar-refractivity contribution is 0.200. The molecule has 0 aliphatic heterocycles. The zero-order chi connectivity index (χ0) is 26.4. The Morgan fingerprint density at radius 2 is 1.74 bits per heavy atom. The Morgan fingerprint density at radius 1 is 1.00 bits per heavy atom. The summed E-state index contributed by atoms with van der Waals surface area (Å²) in [7, 11) is 1.66. The van der Waals surface area contributed by atoms with Gasteiger partial charge in [-0.05, 0) is 67.5 Å². The van der Waals surface area contributed by atoms with Gasteiger partial charge in [-0.2, -0.15) is 5.26 Å². The molecule has 1 unspecified atom stereocenters. The molecule has 2 N–H and O–H groups in total. The maximum absolute atomic E-state index is 9.28. The summed E-state index contributed by atoms with van der Waals surface area (Å²) in [5.74, 6) is 8.37. The van der Waals surface area contributed by atoms with Crippen molar-refractivity contribution in [3.8, 4) is 29.5 Å². The quantitative estimate of drug-likeness (QED) is 0.133. The van der Waals surface area contributed by atoms with E-state index in [2.05, 4.69) is 34.6 Å². The molecule has 38 heavy (non-hydrogen) atoms. The first-order valence-electron chi connectivity index (χ1n) is 13.1. The third-order valence-corrected chi connectivity index (χ3v) is 6.51. The molecular weight excluding hydrogens is 472 g/mol. The second kappa shape index (κ2) is 14.4. The molecule has 1 saturated carbocycles. The minimum Gasteiger partial charge on any atom is -0.493 e. The summed E-state index contributed by atoms with van der Waals surface area (Å²) in [5, 5.41) is 15.2. The number of nitrogens with zero attached hydrogens (tertiary/aromatic N) is 2. The molecule has 6 nitrogen and oxygen atoms in total. The van der Waals surface area contributed by atoms with E-state index in [4.69, 9.17) is 14.5 Å². The van der Waals surface area contributed by atoms with Gasteiger partial charge in [0.05, 0.1) is 25.7 Å². The molecule has 0 bridgehead atoms. The first-order chi connectivity index (χ1) is 18.7. The number of aliphatic imine (C=N–C) groups is 1. The van der Waals surface area contributed by atoms with Crippen molar-refractivity contribution in [3.63, 3.8) is 0 Å². The van der Waals surface area contributed by atoms with Gasteiger partial charge in [0.1, 0.15) is 0 Å². The van der Waals surface area contributed by atoms with Gasteiger partial charge < -0.3 is 14.8 Å². The third kappa shape index (κ3) is 8.05. The van der Waals surface area contributed by atoms with E-state index in [0.29, 0.717) is 24.8 Å². The molecule has 1 aliphatic rings. The van der Waals surface area contributed by atoms with Gasteiger partial charge in [-0.1, -0.05) is 66.4 Å². The zero-order valence-electron chi connectivity index (χ0n) is 21.8. The summed E-state index contributed by atoms with van der Waals surface area (Å²) >= 11 is 0. The van der Waals surface area contributed by atoms with Crippen LogP contribution in [-0.4, -0.2) is 32.3 Å². The lowest BCUT2D eigenvalue weighted by atomic mass is 9.98. The highest BCUT2D eigenvalue weighted by molar-refractivity contribution is 5.81. The van der Waals surface area contributed by atoms with Crippen molar-refractivity contribution in [1.29, 1.82) is 5.26 Å². The SMILES string of the molecule is COc1ccc(C(C#Cc2ccccc2)CN=C(NC#N)NCCc2ccccc2)cc1OC1CCCC1. The number of benzene rings is 3. The second-order valence-corrected chi connectivity index (χ2v) is 9.21. The Hall–Kier alpha value is -4.42. The molecule has 1 atom stereocenters. The van der Waals surface area contributed by atoms with Crippen LogP contribution in [-0.2, 0) is 6.42 Å². The Bertz CT molecular complexity index is 1280. The van der Waals surface area contributed by atoms with Crippen LogP contribution in [0.15, 0.2) is 83.9 Å². The molecule has 0 heterocycles. The van der Waals surface area contributed by atoms with Gasteiger partial charge in [0.15, 0.2) is 17.7 Å². The fourth-order valence-electron chi connectivity index (χ4n) is 4.46. The van der Waals surface area contributed by atoms with Crippen molar-refractivity contribution >= 4 is 5.96 Å². The van der Waals surface area contributed by atoms with Crippen molar-refractivity contribution in [1.82, 2.24) is 10.6 Å². The summed E-state index contributed by atoms with van der Waals surface area (Å²) in [6.45, 7) is 1.02. The van der Waals surface area contributed by atoms with Gasteiger partial charge >= 0.3 is 0 Å². The molecule has 6 heteroatoms. The fraction of sp³-hybridized carbons (Fsp3) is 0.312. The molecule has 1 aliphatic carbocycles. The van der Waals surface area contributed by atoms with Crippen LogP contribution in [0.25, 0.3) is 0 Å². The first kappa shape index (κ1) is 26.6. The number of ether oxygens (including phenoxy) is 2. The summed E-state index contributed by atoms with van der Waals surface area (Å²) in [5.41, 5.74) is 3.15. The van der Waals surface area contributed by atoms with Crippen LogP contribution in [0.4, 0.5) is 0 Å². The minimum absolute atomic E-state index is 0.210. The van der Waals surface area contributed by atoms with E-state index in [1.54, 1.807) is 7.11 Å². The van der Waals surface area contributed by atoms with E-state index in [1.807, 2.05) is 72.9 Å². The topological polar surface area (TPSA) is 78.7 Å². The predicted molar refractivity (Wildman–Crippen MR) is 151 cm³/mol. The number of methoxy groups -OCH3 is 1. The van der Waals surface area contributed by atoms with E-state index in [1.165, 1.54) is 18.4 Å². The van der Waals surface area contributed by atoms with E-state index in [9.17, 15) is 5.26 Å². The Morgan fingerprint density at radius 3 is 2.45 bits per heavy atom. The summed E-state index contributed by atoms with van der Waals surface area (Å²) in [4.78, 5) is 4.71. The lowest BCUT2D eigenvalue weighted by Gasteiger charge is -2.18. The van der Waals surface area contributed by atoms with Gasteiger partial charge in [-0.25, -0.2) is 0 Å². The minimum atomic E-state index is -0.210. The standard InChI is InChI=1S/C32H34N4O2/c1-37-30-19-18-27(22-31(30)38-29-14-8-9-15-29)28(17-16-25-10-4-2-5-11-25)23-35-32(36-24-33)34-21-20-26-12-6-3-7-13-26/h2-7,10-13,18-19,22,28-29H,8-9,14-15,20-21,23H2,1H3,(H2,34,35,36). The van der Waals surface area contributed by atoms with Crippen LogP contribution in [0.2, 0.25) is 0 Å². The maximum Gasteiger partial charge on any atom is 0.204 e. The van der Waals surface area contributed by atoms with E-state index < -0.39 is 0 Å². The maximum atomic E-state index is 9.28. The first-order valence-corrected chi connectivity index (χ1v) is 13.1. The largest absolute Gasteiger partial charge is 0.493 e. The smallest absolute Gasteiger partial charge is 0.204 e. The highest BCUT2D eigenvalue weighted by Gasteiger charge is 2.20. The van der Waals surface area contributed by atoms with E-state index >= 15 is 0 Å². The van der Waals surface area contributed by atoms with Crippen LogP contribution < -0.4 is 20.1 Å². The van der Waals surface area contributed by atoms with E-state index in [0.717, 1.165) is 36.1 Å². The molecule has 194 valence electrons. The van der Waals surface area contributed by atoms with Crippen molar-refractivity contribution in [2.75, 3.05) is 20.2 Å².